The van der Waals surface area contributed by atoms with Crippen molar-refractivity contribution in [1.82, 2.24) is 0 Å². The first kappa shape index (κ1) is 22.1. The number of nitrogens with zero attached hydrogens (tertiary/aromatic N) is 2. The number of allylic oxidation sites excluding steroid dienone is 2. The van der Waals surface area contributed by atoms with E-state index in [1.807, 2.05) is 30.3 Å². The highest BCUT2D eigenvalue weighted by molar-refractivity contribution is 7.16. The Labute approximate surface area is 199 Å². The van der Waals surface area contributed by atoms with Gasteiger partial charge in [-0.25, -0.2) is 0 Å². The summed E-state index contributed by atoms with van der Waals surface area (Å²) in [4.78, 5) is 30.3. The van der Waals surface area contributed by atoms with Gasteiger partial charge in [0.05, 0.1) is 5.56 Å². The van der Waals surface area contributed by atoms with E-state index in [0.29, 0.717) is 18.4 Å². The lowest BCUT2D eigenvalue weighted by Gasteiger charge is -2.42. The molecule has 0 fully saturated rings. The van der Waals surface area contributed by atoms with Crippen molar-refractivity contribution in [3.63, 3.8) is 0 Å². The molecule has 0 spiro atoms. The van der Waals surface area contributed by atoms with Crippen molar-refractivity contribution < 1.29 is 9.59 Å². The smallest absolute Gasteiger partial charge is 0.232 e. The Hall–Kier alpha value is -2.71. The Kier molecular flexibility index (Phi) is 5.74. The molecule has 170 valence electrons. The topological polar surface area (TPSA) is 61.2 Å². The second-order valence-electron chi connectivity index (χ2n) is 10.4. The molecule has 1 aliphatic heterocycles. The minimum atomic E-state index is -0.217. The predicted octanol–water partition coefficient (Wildman–Crippen LogP) is 6.44. The maximum absolute atomic E-state index is 13.7. The average molecular weight is 459 g/mol. The number of thiophene rings is 1. The molecule has 2 aliphatic carbocycles. The van der Waals surface area contributed by atoms with E-state index >= 15 is 0 Å². The summed E-state index contributed by atoms with van der Waals surface area (Å²) in [6.45, 7) is 4.20. The van der Waals surface area contributed by atoms with Crippen molar-refractivity contribution >= 4 is 28.0 Å². The number of aryl methyl sites for hydroxylation is 1. The fraction of sp³-hybridized carbons (Fsp3) is 0.464. The van der Waals surface area contributed by atoms with Gasteiger partial charge < -0.3 is 0 Å². The fourth-order valence-corrected chi connectivity index (χ4v) is 7.18. The third-order valence-electron chi connectivity index (χ3n) is 7.31. The summed E-state index contributed by atoms with van der Waals surface area (Å²) in [5, 5.41) is 10.9. The zero-order chi connectivity index (χ0) is 23.2. The number of anilines is 1. The van der Waals surface area contributed by atoms with E-state index in [1.165, 1.54) is 17.7 Å². The first-order valence-electron chi connectivity index (χ1n) is 12.1. The number of Topliss-reactive ketones (excluding diaryl/α,β-unsaturated/α-hetero) is 1. The molecule has 3 aliphatic rings. The van der Waals surface area contributed by atoms with E-state index in [9.17, 15) is 14.9 Å². The molecule has 0 unspecified atom stereocenters. The molecular weight excluding hydrogens is 428 g/mol. The number of ketones is 1. The van der Waals surface area contributed by atoms with Crippen LogP contribution in [0.1, 0.15) is 86.3 Å². The van der Waals surface area contributed by atoms with E-state index in [0.717, 1.165) is 53.1 Å². The van der Waals surface area contributed by atoms with Crippen molar-refractivity contribution in [3.8, 4) is 6.07 Å². The third kappa shape index (κ3) is 3.95. The summed E-state index contributed by atoms with van der Waals surface area (Å²) in [5.41, 5.74) is 4.21. The second-order valence-corrected chi connectivity index (χ2v) is 11.5. The van der Waals surface area contributed by atoms with Gasteiger partial charge in [0.1, 0.15) is 11.1 Å². The Balaban J connectivity index is 1.69. The Bertz CT molecular complexity index is 1180. The molecule has 2 aromatic rings. The Morgan fingerprint density at radius 1 is 1.03 bits per heavy atom. The summed E-state index contributed by atoms with van der Waals surface area (Å²) >= 11 is 1.61. The highest BCUT2D eigenvalue weighted by Gasteiger charge is 2.45. The van der Waals surface area contributed by atoms with E-state index < -0.39 is 0 Å². The van der Waals surface area contributed by atoms with Gasteiger partial charge in [-0.3, -0.25) is 14.5 Å². The number of hydrogen-bond acceptors (Lipinski definition) is 4. The third-order valence-corrected chi connectivity index (χ3v) is 8.59. The van der Waals surface area contributed by atoms with E-state index in [-0.39, 0.29) is 29.4 Å². The summed E-state index contributed by atoms with van der Waals surface area (Å²) in [7, 11) is 0. The monoisotopic (exact) mass is 458 g/mol. The average Bonchev–Trinajstić information content (AvgIpc) is 3.08. The van der Waals surface area contributed by atoms with Gasteiger partial charge in [0, 0.05) is 34.9 Å². The highest BCUT2D eigenvalue weighted by atomic mass is 32.1. The van der Waals surface area contributed by atoms with Gasteiger partial charge in [0.25, 0.3) is 0 Å². The van der Waals surface area contributed by atoms with Crippen LogP contribution in [0.4, 0.5) is 5.00 Å². The number of benzene rings is 1. The Morgan fingerprint density at radius 2 is 1.76 bits per heavy atom. The molecule has 1 aromatic heterocycles. The number of amides is 1. The molecule has 0 radical (unpaired) electrons. The highest BCUT2D eigenvalue weighted by Crippen LogP contribution is 2.50. The van der Waals surface area contributed by atoms with Crippen LogP contribution in [-0.4, -0.2) is 11.7 Å². The minimum Gasteiger partial charge on any atom is -0.294 e. The van der Waals surface area contributed by atoms with Crippen LogP contribution in [0.25, 0.3) is 0 Å². The normalized spacial score (nSPS) is 22.8. The zero-order valence-corrected chi connectivity index (χ0v) is 20.3. The van der Waals surface area contributed by atoms with Crippen LogP contribution in [0.15, 0.2) is 41.6 Å². The van der Waals surface area contributed by atoms with Crippen molar-refractivity contribution in [2.75, 3.05) is 4.90 Å². The van der Waals surface area contributed by atoms with Crippen LogP contribution in [0, 0.1) is 16.7 Å². The van der Waals surface area contributed by atoms with Crippen molar-refractivity contribution in [2.24, 2.45) is 5.41 Å². The second kappa shape index (κ2) is 8.57. The fourth-order valence-electron chi connectivity index (χ4n) is 5.80. The van der Waals surface area contributed by atoms with Gasteiger partial charge in [-0.1, -0.05) is 57.0 Å². The number of carbonyl (C=O) groups is 2. The van der Waals surface area contributed by atoms with Gasteiger partial charge in [0.2, 0.25) is 5.91 Å². The summed E-state index contributed by atoms with van der Waals surface area (Å²) in [5.74, 6) is -0.0695. The molecule has 5 rings (SSSR count). The summed E-state index contributed by atoms with van der Waals surface area (Å²) in [6.07, 6.45) is 7.91. The first-order valence-corrected chi connectivity index (χ1v) is 12.9. The number of rotatable bonds is 2. The lowest BCUT2D eigenvalue weighted by atomic mass is 9.69. The number of nitriles is 1. The lowest BCUT2D eigenvalue weighted by Crippen LogP contribution is -2.43. The SMILES string of the molecule is CC1(C)CC(=O)C2=C(C1)N(c1sc3c(c1C#N)CCCCCC3)C(=O)C[C@@H]2c1ccccc1. The van der Waals surface area contributed by atoms with Crippen LogP contribution in [-0.2, 0) is 22.4 Å². The van der Waals surface area contributed by atoms with Crippen LogP contribution in [0.2, 0.25) is 0 Å². The van der Waals surface area contributed by atoms with E-state index in [1.54, 1.807) is 16.2 Å². The zero-order valence-electron chi connectivity index (χ0n) is 19.4. The van der Waals surface area contributed by atoms with Crippen LogP contribution < -0.4 is 4.90 Å². The van der Waals surface area contributed by atoms with Gasteiger partial charge in [-0.05, 0) is 48.6 Å². The maximum Gasteiger partial charge on any atom is 0.232 e. The maximum atomic E-state index is 13.7. The van der Waals surface area contributed by atoms with Crippen LogP contribution in [0.5, 0.6) is 0 Å². The summed E-state index contributed by atoms with van der Waals surface area (Å²) in [6, 6.07) is 12.4. The predicted molar refractivity (Wildman–Crippen MR) is 131 cm³/mol. The van der Waals surface area contributed by atoms with Gasteiger partial charge in [-0.2, -0.15) is 5.26 Å². The van der Waals surface area contributed by atoms with E-state index in [2.05, 4.69) is 19.9 Å². The molecule has 1 atom stereocenters. The molecular formula is C28H30N2O2S. The van der Waals surface area contributed by atoms with Crippen molar-refractivity contribution in [3.05, 3.63) is 63.2 Å². The number of hydrogen-bond donors (Lipinski definition) is 0. The van der Waals surface area contributed by atoms with Crippen molar-refractivity contribution in [2.45, 2.75) is 77.6 Å². The first-order chi connectivity index (χ1) is 15.9. The quantitative estimate of drug-likeness (QED) is 0.520. The molecule has 0 N–H and O–H groups in total. The molecule has 1 aromatic carbocycles. The molecule has 4 nitrogen and oxygen atoms in total. The standard InChI is InChI=1S/C28H30N2O2S/c1-28(2)15-22-26(23(31)16-28)20(18-10-6-5-7-11-18)14-25(32)30(22)27-21(17-29)19-12-8-3-4-9-13-24(19)33-27/h5-7,10-11,20H,3-4,8-9,12-16H2,1-2H3/t20-/m1/s1. The van der Waals surface area contributed by atoms with Gasteiger partial charge in [-0.15, -0.1) is 11.3 Å². The number of carbonyl (C=O) groups excluding carboxylic acids is 2. The minimum absolute atomic E-state index is 0.00109. The molecule has 0 bridgehead atoms. The number of fused-ring (bicyclic) bond motifs is 1. The molecule has 0 saturated carbocycles. The largest absolute Gasteiger partial charge is 0.294 e. The lowest BCUT2D eigenvalue weighted by molar-refractivity contribution is -0.120. The molecule has 5 heteroatoms. The summed E-state index contributed by atoms with van der Waals surface area (Å²) < 4.78 is 0. The van der Waals surface area contributed by atoms with Gasteiger partial charge in [0.15, 0.2) is 5.78 Å². The molecule has 33 heavy (non-hydrogen) atoms. The molecule has 0 saturated heterocycles. The van der Waals surface area contributed by atoms with Crippen LogP contribution >= 0.6 is 11.3 Å². The molecule has 2 heterocycles. The van der Waals surface area contributed by atoms with Crippen molar-refractivity contribution in [1.29, 1.82) is 5.26 Å². The molecule has 1 amide bonds. The van der Waals surface area contributed by atoms with Gasteiger partial charge >= 0.3 is 0 Å². The Morgan fingerprint density at radius 3 is 2.48 bits per heavy atom. The van der Waals surface area contributed by atoms with E-state index in [4.69, 9.17) is 0 Å². The van der Waals surface area contributed by atoms with Crippen LogP contribution in [0.3, 0.4) is 0 Å².